The van der Waals surface area contributed by atoms with Gasteiger partial charge in [0, 0.05) is 0 Å². The fraction of sp³-hybridized carbons (Fsp3) is 0.136. The lowest BCUT2D eigenvalue weighted by Gasteiger charge is -2.12. The Morgan fingerprint density at radius 3 is 1.93 bits per heavy atom. The second-order valence-corrected chi connectivity index (χ2v) is 5.92. The Bertz CT molecular complexity index is 965. The number of hydrogen-bond donors (Lipinski definition) is 0. The summed E-state index contributed by atoms with van der Waals surface area (Å²) in [4.78, 5) is 11.8. The number of rotatable bonds is 6. The molecule has 0 bridgehead atoms. The van der Waals surface area contributed by atoms with Crippen molar-refractivity contribution in [3.05, 3.63) is 78.4 Å². The molecule has 150 valence electrons. The number of halogens is 3. The molecule has 0 aliphatic heterocycles. The maximum atomic E-state index is 12.3. The molecule has 0 unspecified atom stereocenters. The third-order valence-corrected chi connectivity index (χ3v) is 3.90. The summed E-state index contributed by atoms with van der Waals surface area (Å²) in [5.74, 6) is -0.417. The van der Waals surface area contributed by atoms with Gasteiger partial charge in [0.2, 0.25) is 0 Å². The van der Waals surface area contributed by atoms with Gasteiger partial charge >= 0.3 is 12.3 Å². The highest BCUT2D eigenvalue weighted by Crippen LogP contribution is 2.30. The minimum absolute atomic E-state index is 0.0319. The number of esters is 1. The van der Waals surface area contributed by atoms with E-state index in [-0.39, 0.29) is 11.3 Å². The van der Waals surface area contributed by atoms with Crippen molar-refractivity contribution in [3.8, 4) is 28.4 Å². The number of ether oxygens (including phenoxy) is 3. The van der Waals surface area contributed by atoms with Crippen LogP contribution in [0.15, 0.2) is 72.8 Å². The number of carbonyl (C=O) groups excluding carboxylic acids is 1. The quantitative estimate of drug-likeness (QED) is 0.459. The minimum Gasteiger partial charge on any atom is -0.494 e. The van der Waals surface area contributed by atoms with Crippen molar-refractivity contribution in [3.63, 3.8) is 0 Å². The van der Waals surface area contributed by atoms with Crippen molar-refractivity contribution in [1.82, 2.24) is 0 Å². The first-order valence-corrected chi connectivity index (χ1v) is 8.76. The monoisotopic (exact) mass is 402 g/mol. The summed E-state index contributed by atoms with van der Waals surface area (Å²) in [6.07, 6.45) is -5.07. The van der Waals surface area contributed by atoms with Crippen LogP contribution in [0.4, 0.5) is 13.2 Å². The Kier molecular flexibility index (Phi) is 6.07. The van der Waals surface area contributed by atoms with Crippen molar-refractivity contribution in [1.29, 1.82) is 0 Å². The molecule has 0 atom stereocenters. The molecule has 0 spiro atoms. The zero-order valence-corrected chi connectivity index (χ0v) is 15.4. The van der Waals surface area contributed by atoms with Crippen LogP contribution in [0.1, 0.15) is 17.3 Å². The van der Waals surface area contributed by atoms with Crippen LogP contribution in [0.25, 0.3) is 11.1 Å². The van der Waals surface area contributed by atoms with Crippen molar-refractivity contribution in [2.45, 2.75) is 13.3 Å². The molecule has 3 aromatic carbocycles. The van der Waals surface area contributed by atoms with Crippen molar-refractivity contribution in [2.24, 2.45) is 0 Å². The van der Waals surface area contributed by atoms with Gasteiger partial charge in [0.15, 0.2) is 0 Å². The fourth-order valence-corrected chi connectivity index (χ4v) is 2.64. The van der Waals surface area contributed by atoms with E-state index in [4.69, 9.17) is 9.47 Å². The van der Waals surface area contributed by atoms with Gasteiger partial charge in [-0.25, -0.2) is 4.79 Å². The van der Waals surface area contributed by atoms with Crippen molar-refractivity contribution < 1.29 is 32.2 Å². The summed E-state index contributed by atoms with van der Waals surface area (Å²) in [7, 11) is 0. The van der Waals surface area contributed by atoms with E-state index in [2.05, 4.69) is 4.74 Å². The second-order valence-electron chi connectivity index (χ2n) is 5.92. The SMILES string of the molecule is CCOc1ccc(-c2ccc(Oc3ccccc3C(=O)OC(F)(F)F)cc2)cc1. The molecule has 0 heterocycles. The van der Waals surface area contributed by atoms with E-state index in [9.17, 15) is 18.0 Å². The average Bonchev–Trinajstić information content (AvgIpc) is 2.69. The molecule has 0 fully saturated rings. The van der Waals surface area contributed by atoms with Crippen molar-refractivity contribution in [2.75, 3.05) is 6.61 Å². The molecule has 0 N–H and O–H groups in total. The van der Waals surface area contributed by atoms with Crippen molar-refractivity contribution >= 4 is 5.97 Å². The lowest BCUT2D eigenvalue weighted by Crippen LogP contribution is -2.19. The predicted octanol–water partition coefficient (Wildman–Crippen LogP) is 6.22. The van der Waals surface area contributed by atoms with Gasteiger partial charge in [0.1, 0.15) is 22.8 Å². The summed E-state index contributed by atoms with van der Waals surface area (Å²) in [6, 6.07) is 20.1. The molecule has 3 rings (SSSR count). The maximum Gasteiger partial charge on any atom is 0.575 e. The summed E-state index contributed by atoms with van der Waals surface area (Å²) in [6.45, 7) is 2.50. The highest BCUT2D eigenvalue weighted by atomic mass is 19.4. The molecule has 0 radical (unpaired) electrons. The van der Waals surface area contributed by atoms with Gasteiger partial charge in [0.25, 0.3) is 0 Å². The van der Waals surface area contributed by atoms with E-state index in [1.165, 1.54) is 18.2 Å². The molecule has 29 heavy (non-hydrogen) atoms. The zero-order chi connectivity index (χ0) is 20.9. The molecule has 0 saturated heterocycles. The summed E-state index contributed by atoms with van der Waals surface area (Å²) >= 11 is 0. The normalized spacial score (nSPS) is 11.0. The van der Waals surface area contributed by atoms with Crippen LogP contribution in [0.3, 0.4) is 0 Å². The van der Waals surface area contributed by atoms with Crippen LogP contribution in [-0.2, 0) is 4.74 Å². The van der Waals surface area contributed by atoms with E-state index in [0.29, 0.717) is 12.4 Å². The standard InChI is InChI=1S/C22H17F3O4/c1-2-27-17-11-7-15(8-12-17)16-9-13-18(14-10-16)28-20-6-4-3-5-19(20)21(26)29-22(23,24)25/h3-14H,2H2,1H3. The zero-order valence-electron chi connectivity index (χ0n) is 15.4. The fourth-order valence-electron chi connectivity index (χ4n) is 2.64. The number of carbonyl (C=O) groups is 1. The Morgan fingerprint density at radius 2 is 1.38 bits per heavy atom. The Balaban J connectivity index is 1.76. The van der Waals surface area contributed by atoms with E-state index < -0.39 is 12.3 Å². The molecule has 0 saturated carbocycles. The lowest BCUT2D eigenvalue weighted by atomic mass is 10.1. The number of para-hydroxylation sites is 1. The highest BCUT2D eigenvalue weighted by Gasteiger charge is 2.35. The van der Waals surface area contributed by atoms with E-state index in [1.54, 1.807) is 18.2 Å². The van der Waals surface area contributed by atoms with Crippen LogP contribution >= 0.6 is 0 Å². The molecule has 0 aliphatic rings. The Labute approximate surface area is 165 Å². The van der Waals surface area contributed by atoms with E-state index in [0.717, 1.165) is 16.9 Å². The third kappa shape index (κ3) is 5.51. The second kappa shape index (κ2) is 8.68. The number of hydrogen-bond acceptors (Lipinski definition) is 4. The first-order valence-electron chi connectivity index (χ1n) is 8.76. The van der Waals surface area contributed by atoms with Gasteiger partial charge < -0.3 is 14.2 Å². The van der Waals surface area contributed by atoms with Crippen LogP contribution in [0.2, 0.25) is 0 Å². The maximum absolute atomic E-state index is 12.3. The molecule has 3 aromatic rings. The van der Waals surface area contributed by atoms with Gasteiger partial charge in [-0.3, -0.25) is 0 Å². The molecule has 0 aromatic heterocycles. The molecule has 7 heteroatoms. The highest BCUT2D eigenvalue weighted by molar-refractivity contribution is 5.92. The van der Waals surface area contributed by atoms with Gasteiger partial charge in [-0.1, -0.05) is 36.4 Å². The largest absolute Gasteiger partial charge is 0.575 e. The predicted molar refractivity (Wildman–Crippen MR) is 101 cm³/mol. The summed E-state index contributed by atoms with van der Waals surface area (Å²) in [5, 5.41) is 0. The molecular weight excluding hydrogens is 385 g/mol. The van der Waals surface area contributed by atoms with Gasteiger partial charge in [0.05, 0.1) is 6.61 Å². The molecule has 0 aliphatic carbocycles. The lowest BCUT2D eigenvalue weighted by molar-refractivity contribution is -0.291. The van der Waals surface area contributed by atoms with Crippen LogP contribution in [0, 0.1) is 0 Å². The van der Waals surface area contributed by atoms with E-state index in [1.807, 2.05) is 43.3 Å². The van der Waals surface area contributed by atoms with Crippen LogP contribution in [-0.4, -0.2) is 18.9 Å². The third-order valence-electron chi connectivity index (χ3n) is 3.90. The smallest absolute Gasteiger partial charge is 0.494 e. The Hall–Kier alpha value is -3.48. The average molecular weight is 402 g/mol. The van der Waals surface area contributed by atoms with E-state index >= 15 is 0 Å². The van der Waals surface area contributed by atoms with Gasteiger partial charge in [-0.05, 0) is 54.4 Å². The summed E-state index contributed by atoms with van der Waals surface area (Å²) in [5.41, 5.74) is 1.57. The minimum atomic E-state index is -5.07. The van der Waals surface area contributed by atoms with Gasteiger partial charge in [-0.2, -0.15) is 0 Å². The molecule has 4 nitrogen and oxygen atoms in total. The molecule has 0 amide bonds. The first kappa shape index (κ1) is 20.3. The molecular formula is C22H17F3O4. The topological polar surface area (TPSA) is 44.8 Å². The summed E-state index contributed by atoms with van der Waals surface area (Å²) < 4.78 is 51.5. The number of alkyl halides is 3. The van der Waals surface area contributed by atoms with Crippen LogP contribution in [0.5, 0.6) is 17.2 Å². The van der Waals surface area contributed by atoms with Crippen LogP contribution < -0.4 is 9.47 Å². The Morgan fingerprint density at radius 1 is 0.828 bits per heavy atom. The van der Waals surface area contributed by atoms with Gasteiger partial charge in [-0.15, -0.1) is 13.2 Å². The first-order chi connectivity index (χ1) is 13.9. The number of benzene rings is 3.